The molecule has 3 unspecified atom stereocenters. The summed E-state index contributed by atoms with van der Waals surface area (Å²) in [6.45, 7) is 21.6. The summed E-state index contributed by atoms with van der Waals surface area (Å²) in [4.78, 5) is 0. The zero-order chi connectivity index (χ0) is 63.0. The van der Waals surface area contributed by atoms with E-state index in [1.54, 1.807) is 0 Å². The van der Waals surface area contributed by atoms with Crippen LogP contribution in [-0.4, -0.2) is 63.6 Å². The van der Waals surface area contributed by atoms with Crippen molar-refractivity contribution in [2.45, 2.75) is 464 Å². The number of unbranched alkanes of at least 4 members (excludes halogenated alkanes) is 49. The second-order valence-electron chi connectivity index (χ2n) is 28.6. The Morgan fingerprint density at radius 3 is 0.609 bits per heavy atom. The van der Waals surface area contributed by atoms with Crippen molar-refractivity contribution in [3.8, 4) is 0 Å². The van der Waals surface area contributed by atoms with Crippen LogP contribution in [0.25, 0.3) is 0 Å². The van der Waals surface area contributed by atoms with Crippen molar-refractivity contribution in [2.75, 3.05) is 52.9 Å². The molecule has 0 heterocycles. The Morgan fingerprint density at radius 1 is 0.195 bits per heavy atom. The van der Waals surface area contributed by atoms with Gasteiger partial charge in [-0.15, -0.1) is 0 Å². The third-order valence-electron chi connectivity index (χ3n) is 20.4. The van der Waals surface area contributed by atoms with Crippen LogP contribution in [0.1, 0.15) is 459 Å². The van der Waals surface area contributed by atoms with E-state index >= 15 is 0 Å². The second-order valence-corrected chi connectivity index (χ2v) is 28.6. The Labute approximate surface area is 550 Å². The van der Waals surface area contributed by atoms with Crippen LogP contribution in [0.5, 0.6) is 0 Å². The zero-order valence-electron chi connectivity index (χ0n) is 61.3. The highest BCUT2D eigenvalue weighted by atomic mass is 16.5. The van der Waals surface area contributed by atoms with Gasteiger partial charge in [0.15, 0.2) is 0 Å². The van der Waals surface area contributed by atoms with Crippen molar-refractivity contribution in [1.29, 1.82) is 0 Å². The first-order valence-corrected chi connectivity index (χ1v) is 41.0. The van der Waals surface area contributed by atoms with Crippen LogP contribution in [-0.2, 0) is 18.9 Å². The number of aliphatic hydroxyl groups is 1. The maximum atomic E-state index is 14.3. The van der Waals surface area contributed by atoms with Crippen LogP contribution in [0, 0.1) is 11.3 Å². The molecule has 0 aliphatic rings. The molecule has 3 atom stereocenters. The lowest BCUT2D eigenvalue weighted by Gasteiger charge is -2.54. The van der Waals surface area contributed by atoms with E-state index in [-0.39, 0.29) is 5.41 Å². The highest BCUT2D eigenvalue weighted by Gasteiger charge is 2.52. The fourth-order valence-corrected chi connectivity index (χ4v) is 14.6. The number of rotatable bonds is 79. The maximum absolute atomic E-state index is 14.3. The second kappa shape index (κ2) is 73.2. The van der Waals surface area contributed by atoms with E-state index < -0.39 is 5.60 Å². The molecule has 5 nitrogen and oxygen atoms in total. The van der Waals surface area contributed by atoms with Gasteiger partial charge in [0.25, 0.3) is 0 Å². The standard InChI is InChI=1S/C82H166O5/c1-7-13-19-24-28-36-48-61-76-87-79-65-52-40-34-45-57-71-82(83,70-56-44-33-39-51-64-78-85-73-59-46-27-22-16-10-4)81(80(66-18-12-6)67-53-41-30-25-20-14-8-2,69-55-43-32-38-50-63-74-84-72-58-23-17-11-5)68-54-42-31-29-37-49-62-77-86-75-60-47-35-26-21-15-9-3/h80,83H,7-79H2,1-6H3. The lowest BCUT2D eigenvalue weighted by Crippen LogP contribution is -2.53. The highest BCUT2D eigenvalue weighted by Crippen LogP contribution is 2.55. The minimum Gasteiger partial charge on any atom is -0.389 e. The molecule has 1 N–H and O–H groups in total. The smallest absolute Gasteiger partial charge is 0.0706 e. The lowest BCUT2D eigenvalue weighted by molar-refractivity contribution is -0.145. The van der Waals surface area contributed by atoms with Crippen LogP contribution in [0.4, 0.5) is 0 Å². The Hall–Kier alpha value is -0.200. The first-order chi connectivity index (χ1) is 43.0. The van der Waals surface area contributed by atoms with Gasteiger partial charge in [0.05, 0.1) is 5.60 Å². The van der Waals surface area contributed by atoms with Crippen molar-refractivity contribution >= 4 is 0 Å². The predicted octanol–water partition coefficient (Wildman–Crippen LogP) is 27.9. The van der Waals surface area contributed by atoms with E-state index in [1.165, 1.54) is 405 Å². The molecule has 0 amide bonds. The quantitative estimate of drug-likeness (QED) is 0.0615. The third kappa shape index (κ3) is 58.1. The first kappa shape index (κ1) is 86.8. The monoisotopic (exact) mass is 1230 g/mol. The van der Waals surface area contributed by atoms with E-state index in [1.807, 2.05) is 0 Å². The minimum absolute atomic E-state index is 0.00255. The molecule has 0 rings (SSSR count). The van der Waals surface area contributed by atoms with Gasteiger partial charge in [-0.2, -0.15) is 0 Å². The summed E-state index contributed by atoms with van der Waals surface area (Å²) in [7, 11) is 0. The van der Waals surface area contributed by atoms with Gasteiger partial charge in [0.2, 0.25) is 0 Å². The molecule has 0 aliphatic heterocycles. The molecule has 0 aromatic rings. The zero-order valence-corrected chi connectivity index (χ0v) is 61.3. The fraction of sp³-hybridized carbons (Fsp3) is 1.00. The number of hydrogen-bond donors (Lipinski definition) is 1. The van der Waals surface area contributed by atoms with Gasteiger partial charge in [-0.05, 0) is 95.8 Å². The van der Waals surface area contributed by atoms with E-state index in [0.29, 0.717) is 5.92 Å². The molecule has 0 aromatic heterocycles. The van der Waals surface area contributed by atoms with Crippen LogP contribution >= 0.6 is 0 Å². The van der Waals surface area contributed by atoms with Crippen molar-refractivity contribution in [2.24, 2.45) is 11.3 Å². The van der Waals surface area contributed by atoms with Gasteiger partial charge in [-0.3, -0.25) is 0 Å². The van der Waals surface area contributed by atoms with Crippen molar-refractivity contribution in [1.82, 2.24) is 0 Å². The van der Waals surface area contributed by atoms with Crippen LogP contribution < -0.4 is 0 Å². The largest absolute Gasteiger partial charge is 0.389 e. The third-order valence-corrected chi connectivity index (χ3v) is 20.4. The van der Waals surface area contributed by atoms with Gasteiger partial charge in [0.1, 0.15) is 0 Å². The minimum atomic E-state index is -0.593. The topological polar surface area (TPSA) is 57.2 Å². The molecule has 0 saturated carbocycles. The SMILES string of the molecule is CCCCCCCCCCOCCCCCCCCC(O)(CCCCCCCCOCCCCCCCC)C(CCCCCCCCCOCCCCCCCCC)(CCCCCCCCOCCCCCC)C(CCCC)CCCCCCCCC. The molecule has 0 bridgehead atoms. The summed E-state index contributed by atoms with van der Waals surface area (Å²) >= 11 is 0. The number of hydrogen-bond acceptors (Lipinski definition) is 5. The van der Waals surface area contributed by atoms with Crippen molar-refractivity contribution in [3.63, 3.8) is 0 Å². The Bertz CT molecular complexity index is 1230. The first-order valence-electron chi connectivity index (χ1n) is 41.0. The van der Waals surface area contributed by atoms with E-state index in [4.69, 9.17) is 18.9 Å². The van der Waals surface area contributed by atoms with Crippen LogP contribution in [0.15, 0.2) is 0 Å². The molecule has 0 spiro atoms. The lowest BCUT2D eigenvalue weighted by atomic mass is 9.54. The molecular weight excluding hydrogens is 1060 g/mol. The summed E-state index contributed by atoms with van der Waals surface area (Å²) in [6.07, 6.45) is 85.0. The molecule has 5 heteroatoms. The molecule has 0 aliphatic carbocycles. The summed E-state index contributed by atoms with van der Waals surface area (Å²) < 4.78 is 24.4. The molecule has 0 saturated heterocycles. The molecule has 0 aromatic carbocycles. The molecule has 0 radical (unpaired) electrons. The van der Waals surface area contributed by atoms with Gasteiger partial charge in [-0.25, -0.2) is 0 Å². The van der Waals surface area contributed by atoms with Gasteiger partial charge in [-0.1, -0.05) is 369 Å². The molecule has 0 fully saturated rings. The Morgan fingerprint density at radius 2 is 0.368 bits per heavy atom. The molecule has 524 valence electrons. The fourth-order valence-electron chi connectivity index (χ4n) is 14.6. The maximum Gasteiger partial charge on any atom is 0.0706 e. The van der Waals surface area contributed by atoms with E-state index in [9.17, 15) is 5.11 Å². The summed E-state index contributed by atoms with van der Waals surface area (Å²) in [5, 5.41) is 14.3. The Balaban J connectivity index is 6.30. The number of ether oxygens (including phenoxy) is 4. The summed E-state index contributed by atoms with van der Waals surface area (Å²) in [5.74, 6) is 0.621. The average Bonchev–Trinajstić information content (AvgIpc) is 1.41. The van der Waals surface area contributed by atoms with E-state index in [0.717, 1.165) is 65.7 Å². The highest BCUT2D eigenvalue weighted by molar-refractivity contribution is 5.03. The van der Waals surface area contributed by atoms with Crippen LogP contribution in [0.2, 0.25) is 0 Å². The van der Waals surface area contributed by atoms with Gasteiger partial charge >= 0.3 is 0 Å². The van der Waals surface area contributed by atoms with Crippen LogP contribution in [0.3, 0.4) is 0 Å². The van der Waals surface area contributed by atoms with Gasteiger partial charge in [0, 0.05) is 58.3 Å². The molecular formula is C82H166O5. The van der Waals surface area contributed by atoms with Crippen molar-refractivity contribution in [3.05, 3.63) is 0 Å². The summed E-state index contributed by atoms with van der Waals surface area (Å²) in [6, 6.07) is 0. The molecule has 87 heavy (non-hydrogen) atoms. The van der Waals surface area contributed by atoms with Crippen molar-refractivity contribution < 1.29 is 24.1 Å². The Kier molecular flexibility index (Phi) is 73.0. The van der Waals surface area contributed by atoms with E-state index in [2.05, 4.69) is 41.5 Å². The average molecular weight is 1230 g/mol. The normalized spacial score (nSPS) is 13.7. The summed E-state index contributed by atoms with van der Waals surface area (Å²) in [5.41, 5.74) is -0.591. The van der Waals surface area contributed by atoms with Gasteiger partial charge < -0.3 is 24.1 Å². The predicted molar refractivity (Wildman–Crippen MR) is 388 cm³/mol.